The van der Waals surface area contributed by atoms with Gasteiger partial charge in [-0.3, -0.25) is 9.88 Å². The van der Waals surface area contributed by atoms with Gasteiger partial charge in [-0.2, -0.15) is 0 Å². The molecule has 0 amide bonds. The Morgan fingerprint density at radius 1 is 1.02 bits per heavy atom. The molecule has 3 unspecified atom stereocenters. The maximum absolute atomic E-state index is 13.5. The van der Waals surface area contributed by atoms with Crippen LogP contribution in [-0.2, 0) is 26.6 Å². The number of halogens is 1. The lowest BCUT2D eigenvalue weighted by atomic mass is 9.91. The molecule has 0 saturated carbocycles. The summed E-state index contributed by atoms with van der Waals surface area (Å²) in [6, 6.07) is 21.9. The maximum atomic E-state index is 13.5. The SMILES string of the molecule is O=[SH](=O)C(c1ccc(F)cc1)N1CCC(C2NC(c3ccccn3)=CN2C2(Cc3ccccc3)COCO2)CC1. The molecular formula is C30H33FN4O4S. The molecule has 3 aliphatic heterocycles. The molecule has 0 radical (unpaired) electrons. The number of hydrogen-bond donors (Lipinski definition) is 2. The smallest absolute Gasteiger partial charge is 0.172 e. The number of pyridine rings is 1. The predicted molar refractivity (Wildman–Crippen MR) is 150 cm³/mol. The van der Waals surface area contributed by atoms with Gasteiger partial charge in [0.2, 0.25) is 0 Å². The van der Waals surface area contributed by atoms with Crippen LogP contribution in [0.15, 0.2) is 85.2 Å². The molecule has 1 aromatic heterocycles. The minimum absolute atomic E-state index is 0.0881. The van der Waals surface area contributed by atoms with Crippen molar-refractivity contribution in [1.82, 2.24) is 20.1 Å². The van der Waals surface area contributed by atoms with Crippen molar-refractivity contribution in [2.45, 2.75) is 36.5 Å². The fraction of sp³-hybridized carbons (Fsp3) is 0.367. The summed E-state index contributed by atoms with van der Waals surface area (Å²) < 4.78 is 50.3. The molecule has 6 rings (SSSR count). The third kappa shape index (κ3) is 5.49. The van der Waals surface area contributed by atoms with Crippen LogP contribution >= 0.6 is 0 Å². The van der Waals surface area contributed by atoms with Crippen molar-refractivity contribution in [3.8, 4) is 0 Å². The van der Waals surface area contributed by atoms with Gasteiger partial charge in [-0.05, 0) is 48.2 Å². The van der Waals surface area contributed by atoms with Crippen LogP contribution in [-0.4, -0.2) is 61.6 Å². The van der Waals surface area contributed by atoms with E-state index in [1.165, 1.54) is 12.1 Å². The first-order chi connectivity index (χ1) is 19.5. The predicted octanol–water partition coefficient (Wildman–Crippen LogP) is 3.72. The average molecular weight is 565 g/mol. The van der Waals surface area contributed by atoms with Gasteiger partial charge in [0.05, 0.1) is 18.0 Å². The van der Waals surface area contributed by atoms with Crippen LogP contribution in [0.2, 0.25) is 0 Å². The van der Waals surface area contributed by atoms with E-state index in [1.54, 1.807) is 18.3 Å². The number of nitrogens with one attached hydrogen (secondary N) is 1. The highest BCUT2D eigenvalue weighted by Gasteiger charge is 2.49. The van der Waals surface area contributed by atoms with Crippen molar-refractivity contribution in [3.63, 3.8) is 0 Å². The van der Waals surface area contributed by atoms with Crippen LogP contribution in [0.25, 0.3) is 5.70 Å². The van der Waals surface area contributed by atoms with E-state index >= 15 is 0 Å². The number of hydrogen-bond acceptors (Lipinski definition) is 8. The molecule has 210 valence electrons. The van der Waals surface area contributed by atoms with Gasteiger partial charge in [0.15, 0.2) is 16.4 Å². The fourth-order valence-electron chi connectivity index (χ4n) is 6.10. The molecule has 2 aromatic carbocycles. The lowest BCUT2D eigenvalue weighted by Gasteiger charge is -2.45. The number of nitrogens with zero attached hydrogens (tertiary/aromatic N) is 3. The first-order valence-electron chi connectivity index (χ1n) is 13.6. The largest absolute Gasteiger partial charge is 0.362 e. The first kappa shape index (κ1) is 26.9. The standard InChI is InChI=1S/C30H33FN4O4S/c31-25-11-9-24(10-12-25)29(40(36)37)34-16-13-23(14-17-34)28-33-27(26-8-4-5-15-32-26)19-35(28)30(20-38-21-39-30)18-22-6-2-1-3-7-22/h1-12,15,19,23,28-29,33,40H,13-14,16-18,20-21H2. The molecule has 3 atom stereocenters. The Balaban J connectivity index is 1.26. The summed E-state index contributed by atoms with van der Waals surface area (Å²) in [4.78, 5) is 8.82. The highest BCUT2D eigenvalue weighted by Crippen LogP contribution is 2.39. The van der Waals surface area contributed by atoms with Gasteiger partial charge in [0.1, 0.15) is 24.1 Å². The molecule has 2 saturated heterocycles. The lowest BCUT2D eigenvalue weighted by molar-refractivity contribution is -0.120. The van der Waals surface area contributed by atoms with E-state index in [0.717, 1.165) is 29.8 Å². The maximum Gasteiger partial charge on any atom is 0.172 e. The van der Waals surface area contributed by atoms with Crippen molar-refractivity contribution in [2.24, 2.45) is 5.92 Å². The molecule has 0 bridgehead atoms. The Bertz CT molecular complexity index is 1380. The minimum Gasteiger partial charge on any atom is -0.362 e. The van der Waals surface area contributed by atoms with Crippen LogP contribution in [0.1, 0.15) is 35.0 Å². The Kier molecular flexibility index (Phi) is 7.84. The first-order valence-corrected chi connectivity index (χ1v) is 14.8. The second kappa shape index (κ2) is 11.7. The van der Waals surface area contributed by atoms with E-state index < -0.39 is 21.8 Å². The minimum atomic E-state index is -2.77. The molecular weight excluding hydrogens is 531 g/mol. The van der Waals surface area contributed by atoms with Gasteiger partial charge in [0, 0.05) is 37.8 Å². The molecule has 10 heteroatoms. The van der Waals surface area contributed by atoms with Crippen LogP contribution in [0, 0.1) is 11.7 Å². The molecule has 4 heterocycles. The van der Waals surface area contributed by atoms with Gasteiger partial charge < -0.3 is 19.7 Å². The Labute approximate surface area is 235 Å². The summed E-state index contributed by atoms with van der Waals surface area (Å²) in [6.07, 6.45) is 6.01. The van der Waals surface area contributed by atoms with Crippen LogP contribution in [0.5, 0.6) is 0 Å². The number of benzene rings is 2. The highest BCUT2D eigenvalue weighted by atomic mass is 32.2. The third-order valence-corrected chi connectivity index (χ3v) is 9.10. The topological polar surface area (TPSA) is 84.0 Å². The van der Waals surface area contributed by atoms with E-state index in [1.807, 2.05) is 41.3 Å². The molecule has 0 aliphatic carbocycles. The van der Waals surface area contributed by atoms with Crippen molar-refractivity contribution in [2.75, 3.05) is 26.5 Å². The van der Waals surface area contributed by atoms with E-state index in [2.05, 4.69) is 33.5 Å². The lowest BCUT2D eigenvalue weighted by Crippen LogP contribution is -2.58. The second-order valence-electron chi connectivity index (χ2n) is 10.6. The van der Waals surface area contributed by atoms with Crippen molar-refractivity contribution in [3.05, 3.63) is 108 Å². The van der Waals surface area contributed by atoms with E-state index in [4.69, 9.17) is 9.47 Å². The normalized spacial score (nSPS) is 24.7. The Morgan fingerprint density at radius 2 is 1.77 bits per heavy atom. The molecule has 2 fully saturated rings. The summed E-state index contributed by atoms with van der Waals surface area (Å²) >= 11 is 0. The third-order valence-electron chi connectivity index (χ3n) is 8.08. The number of rotatable bonds is 8. The van der Waals surface area contributed by atoms with E-state index in [9.17, 15) is 12.8 Å². The quantitative estimate of drug-likeness (QED) is 0.401. The van der Waals surface area contributed by atoms with Crippen LogP contribution < -0.4 is 5.32 Å². The zero-order valence-corrected chi connectivity index (χ0v) is 23.0. The van der Waals surface area contributed by atoms with Gasteiger partial charge in [-0.15, -0.1) is 0 Å². The number of ether oxygens (including phenoxy) is 2. The summed E-state index contributed by atoms with van der Waals surface area (Å²) in [6.45, 7) is 1.85. The molecule has 8 nitrogen and oxygen atoms in total. The second-order valence-corrected chi connectivity index (χ2v) is 11.6. The van der Waals surface area contributed by atoms with Gasteiger partial charge in [-0.1, -0.05) is 48.5 Å². The summed E-state index contributed by atoms with van der Waals surface area (Å²) in [5.74, 6) is -0.169. The Morgan fingerprint density at radius 3 is 2.42 bits per heavy atom. The molecule has 1 N–H and O–H groups in total. The monoisotopic (exact) mass is 564 g/mol. The summed E-state index contributed by atoms with van der Waals surface area (Å²) in [5, 5.41) is 2.95. The van der Waals surface area contributed by atoms with Crippen molar-refractivity contribution >= 4 is 16.4 Å². The summed E-state index contributed by atoms with van der Waals surface area (Å²) in [7, 11) is -2.77. The van der Waals surface area contributed by atoms with E-state index in [-0.39, 0.29) is 24.7 Å². The van der Waals surface area contributed by atoms with Crippen LogP contribution in [0.4, 0.5) is 4.39 Å². The number of piperidine rings is 1. The number of likely N-dealkylation sites (tertiary alicyclic amines) is 1. The zero-order valence-electron chi connectivity index (χ0n) is 22.1. The molecule has 3 aliphatic rings. The van der Waals surface area contributed by atoms with Crippen LogP contribution in [0.3, 0.4) is 0 Å². The molecule has 0 spiro atoms. The Hall–Kier alpha value is -3.31. The summed E-state index contributed by atoms with van der Waals surface area (Å²) in [5.41, 5.74) is 2.82. The van der Waals surface area contributed by atoms with E-state index in [0.29, 0.717) is 31.7 Å². The molecule has 40 heavy (non-hydrogen) atoms. The van der Waals surface area contributed by atoms with Crippen molar-refractivity contribution in [1.29, 1.82) is 0 Å². The average Bonchev–Trinajstić information content (AvgIpc) is 3.64. The zero-order chi connectivity index (χ0) is 27.5. The van der Waals surface area contributed by atoms with Gasteiger partial charge in [-0.25, -0.2) is 12.8 Å². The fourth-order valence-corrected chi connectivity index (χ4v) is 7.01. The van der Waals surface area contributed by atoms with Crippen molar-refractivity contribution < 1.29 is 22.3 Å². The molecule has 3 aromatic rings. The number of thiol groups is 1. The highest BCUT2D eigenvalue weighted by molar-refractivity contribution is 7.72. The van der Waals surface area contributed by atoms with Gasteiger partial charge in [0.25, 0.3) is 0 Å². The number of aromatic nitrogens is 1. The van der Waals surface area contributed by atoms with Gasteiger partial charge >= 0.3 is 0 Å².